The van der Waals surface area contributed by atoms with Gasteiger partial charge in [0.05, 0.1) is 35.2 Å². The standard InChI is InChI=1S/C33H30N4O5/c1-40-33-21-30(42-22-31-3-2-18-41-31)15-8-25(33)7-10-29-20-26(9-5-23-4-6-24-16-17-34-32(24)19-23)35-36(29)27-11-13-28(14-12-27)37(38)39/h4-17,19-21,31,34H,2-3,18,22H2,1H3/b9-5+,10-7+. The SMILES string of the molecule is COc1cc(OCC2CCCO2)ccc1/C=C/c1cc(/C=C/c2ccc3cc[nH]c3c2)nn1-c1ccc([N+](=O)[O-])cc1. The molecule has 0 saturated carbocycles. The molecular weight excluding hydrogens is 532 g/mol. The Kier molecular flexibility index (Phi) is 7.83. The molecule has 3 heterocycles. The Bertz CT molecular complexity index is 1760. The van der Waals surface area contributed by atoms with E-state index in [-0.39, 0.29) is 11.8 Å². The fraction of sp³-hybridized carbons (Fsp3) is 0.182. The van der Waals surface area contributed by atoms with Gasteiger partial charge in [0, 0.05) is 42.1 Å². The lowest BCUT2D eigenvalue weighted by Crippen LogP contribution is -2.16. The molecule has 1 saturated heterocycles. The number of non-ortho nitro benzene ring substituents is 1. The molecule has 1 aliphatic rings. The zero-order chi connectivity index (χ0) is 28.9. The molecule has 2 aromatic heterocycles. The first-order valence-electron chi connectivity index (χ1n) is 13.8. The number of nitro benzene ring substituents is 1. The molecule has 0 amide bonds. The summed E-state index contributed by atoms with van der Waals surface area (Å²) in [6.45, 7) is 1.31. The van der Waals surface area contributed by atoms with Crippen LogP contribution in [0.5, 0.6) is 11.5 Å². The van der Waals surface area contributed by atoms with Crippen molar-refractivity contribution >= 4 is 40.9 Å². The maximum absolute atomic E-state index is 11.2. The van der Waals surface area contributed by atoms with Gasteiger partial charge < -0.3 is 19.2 Å². The summed E-state index contributed by atoms with van der Waals surface area (Å²) in [6.07, 6.45) is 12.0. The molecule has 1 unspecified atom stereocenters. The lowest BCUT2D eigenvalue weighted by Gasteiger charge is -2.13. The van der Waals surface area contributed by atoms with Gasteiger partial charge in [0.2, 0.25) is 0 Å². The first kappa shape index (κ1) is 27.0. The van der Waals surface area contributed by atoms with E-state index >= 15 is 0 Å². The maximum Gasteiger partial charge on any atom is 0.269 e. The molecule has 0 radical (unpaired) electrons. The van der Waals surface area contributed by atoms with Crippen molar-refractivity contribution in [2.75, 3.05) is 20.3 Å². The summed E-state index contributed by atoms with van der Waals surface area (Å²) in [6, 6.07) is 22.3. The van der Waals surface area contributed by atoms with Crippen molar-refractivity contribution in [1.82, 2.24) is 14.8 Å². The fourth-order valence-electron chi connectivity index (χ4n) is 4.95. The Morgan fingerprint density at radius 2 is 1.93 bits per heavy atom. The highest BCUT2D eigenvalue weighted by atomic mass is 16.6. The Hall–Kier alpha value is -5.15. The van der Waals surface area contributed by atoms with Crippen LogP contribution in [-0.4, -0.2) is 46.1 Å². The van der Waals surface area contributed by atoms with Gasteiger partial charge in [-0.05, 0) is 84.5 Å². The Balaban J connectivity index is 1.28. The molecule has 42 heavy (non-hydrogen) atoms. The molecular formula is C33H30N4O5. The molecule has 9 nitrogen and oxygen atoms in total. The van der Waals surface area contributed by atoms with E-state index in [0.717, 1.165) is 58.6 Å². The molecule has 5 aromatic rings. The van der Waals surface area contributed by atoms with Gasteiger partial charge in [-0.1, -0.05) is 18.2 Å². The van der Waals surface area contributed by atoms with E-state index in [1.165, 1.54) is 12.1 Å². The van der Waals surface area contributed by atoms with Gasteiger partial charge in [-0.25, -0.2) is 4.68 Å². The minimum atomic E-state index is -0.413. The first-order chi connectivity index (χ1) is 20.6. The van der Waals surface area contributed by atoms with Crippen molar-refractivity contribution in [3.63, 3.8) is 0 Å². The number of ether oxygens (including phenoxy) is 3. The molecule has 1 fully saturated rings. The lowest BCUT2D eigenvalue weighted by atomic mass is 10.1. The summed E-state index contributed by atoms with van der Waals surface area (Å²) in [4.78, 5) is 14.0. The Morgan fingerprint density at radius 3 is 2.71 bits per heavy atom. The third-order valence-corrected chi connectivity index (χ3v) is 7.19. The summed E-state index contributed by atoms with van der Waals surface area (Å²) < 4.78 is 19.0. The van der Waals surface area contributed by atoms with Crippen LogP contribution < -0.4 is 9.47 Å². The molecule has 3 aromatic carbocycles. The monoisotopic (exact) mass is 562 g/mol. The fourth-order valence-corrected chi connectivity index (χ4v) is 4.95. The van der Waals surface area contributed by atoms with Crippen molar-refractivity contribution in [3.8, 4) is 17.2 Å². The third kappa shape index (κ3) is 6.11. The van der Waals surface area contributed by atoms with Crippen LogP contribution in [0, 0.1) is 10.1 Å². The molecule has 0 aliphatic carbocycles. The van der Waals surface area contributed by atoms with Gasteiger partial charge in [0.1, 0.15) is 18.1 Å². The number of nitrogens with zero attached hydrogens (tertiary/aromatic N) is 3. The van der Waals surface area contributed by atoms with Crippen molar-refractivity contribution < 1.29 is 19.1 Å². The van der Waals surface area contributed by atoms with Crippen LogP contribution in [0.4, 0.5) is 5.69 Å². The summed E-state index contributed by atoms with van der Waals surface area (Å²) in [5, 5.41) is 17.1. The highest BCUT2D eigenvalue weighted by Gasteiger charge is 2.16. The van der Waals surface area contributed by atoms with E-state index in [1.54, 1.807) is 23.9 Å². The summed E-state index contributed by atoms with van der Waals surface area (Å²) in [5.74, 6) is 1.40. The van der Waals surface area contributed by atoms with Gasteiger partial charge in [-0.2, -0.15) is 5.10 Å². The Labute approximate surface area is 242 Å². The number of nitro groups is 1. The number of H-pyrrole nitrogens is 1. The average molecular weight is 563 g/mol. The molecule has 212 valence electrons. The molecule has 6 rings (SSSR count). The number of nitrogens with one attached hydrogen (secondary N) is 1. The second-order valence-electron chi connectivity index (χ2n) is 10.0. The zero-order valence-electron chi connectivity index (χ0n) is 23.1. The second-order valence-corrected chi connectivity index (χ2v) is 10.0. The van der Waals surface area contributed by atoms with Gasteiger partial charge >= 0.3 is 0 Å². The molecule has 1 aliphatic heterocycles. The van der Waals surface area contributed by atoms with E-state index in [9.17, 15) is 10.1 Å². The van der Waals surface area contributed by atoms with E-state index in [0.29, 0.717) is 18.0 Å². The van der Waals surface area contributed by atoms with E-state index in [1.807, 2.05) is 60.8 Å². The number of hydrogen-bond acceptors (Lipinski definition) is 6. The molecule has 1 N–H and O–H groups in total. The van der Waals surface area contributed by atoms with E-state index < -0.39 is 4.92 Å². The number of aromatic nitrogens is 3. The predicted octanol–water partition coefficient (Wildman–Crippen LogP) is 7.17. The third-order valence-electron chi connectivity index (χ3n) is 7.19. The highest BCUT2D eigenvalue weighted by Crippen LogP contribution is 2.28. The predicted molar refractivity (Wildman–Crippen MR) is 164 cm³/mol. The maximum atomic E-state index is 11.2. The molecule has 9 heteroatoms. The average Bonchev–Trinajstić information content (AvgIpc) is 3.79. The van der Waals surface area contributed by atoms with Crippen LogP contribution in [0.25, 0.3) is 40.9 Å². The molecule has 0 spiro atoms. The van der Waals surface area contributed by atoms with Crippen LogP contribution in [0.1, 0.15) is 35.4 Å². The Morgan fingerprint density at radius 1 is 1.05 bits per heavy atom. The number of benzene rings is 3. The van der Waals surface area contributed by atoms with Crippen molar-refractivity contribution in [3.05, 3.63) is 112 Å². The normalized spacial score (nSPS) is 15.2. The van der Waals surface area contributed by atoms with Crippen LogP contribution in [0.15, 0.2) is 79.0 Å². The molecule has 1 atom stereocenters. The van der Waals surface area contributed by atoms with Gasteiger partial charge in [0.25, 0.3) is 5.69 Å². The van der Waals surface area contributed by atoms with E-state index in [2.05, 4.69) is 23.2 Å². The van der Waals surface area contributed by atoms with Crippen molar-refractivity contribution in [2.24, 2.45) is 0 Å². The summed E-state index contributed by atoms with van der Waals surface area (Å²) in [7, 11) is 1.63. The zero-order valence-corrected chi connectivity index (χ0v) is 23.1. The van der Waals surface area contributed by atoms with Crippen LogP contribution in [-0.2, 0) is 4.74 Å². The topological polar surface area (TPSA) is 104 Å². The van der Waals surface area contributed by atoms with Gasteiger partial charge in [-0.3, -0.25) is 10.1 Å². The van der Waals surface area contributed by atoms with Crippen molar-refractivity contribution in [1.29, 1.82) is 0 Å². The smallest absolute Gasteiger partial charge is 0.269 e. The quantitative estimate of drug-likeness (QED) is 0.143. The second kappa shape index (κ2) is 12.2. The number of aromatic amines is 1. The minimum absolute atomic E-state index is 0.0226. The minimum Gasteiger partial charge on any atom is -0.496 e. The first-order valence-corrected chi connectivity index (χ1v) is 13.8. The van der Waals surface area contributed by atoms with Crippen LogP contribution >= 0.6 is 0 Å². The van der Waals surface area contributed by atoms with Gasteiger partial charge in [-0.15, -0.1) is 0 Å². The number of methoxy groups -OCH3 is 1. The summed E-state index contributed by atoms with van der Waals surface area (Å²) in [5.41, 5.74) is 5.24. The highest BCUT2D eigenvalue weighted by molar-refractivity contribution is 5.83. The van der Waals surface area contributed by atoms with Gasteiger partial charge in [0.15, 0.2) is 0 Å². The number of hydrogen-bond donors (Lipinski definition) is 1. The largest absolute Gasteiger partial charge is 0.496 e. The van der Waals surface area contributed by atoms with Crippen LogP contribution in [0.2, 0.25) is 0 Å². The van der Waals surface area contributed by atoms with Crippen LogP contribution in [0.3, 0.4) is 0 Å². The van der Waals surface area contributed by atoms with Crippen molar-refractivity contribution in [2.45, 2.75) is 18.9 Å². The molecule has 0 bridgehead atoms. The number of fused-ring (bicyclic) bond motifs is 1. The number of rotatable bonds is 10. The summed E-state index contributed by atoms with van der Waals surface area (Å²) >= 11 is 0. The lowest BCUT2D eigenvalue weighted by molar-refractivity contribution is -0.384. The van der Waals surface area contributed by atoms with E-state index in [4.69, 9.17) is 19.3 Å².